The molecule has 0 saturated carbocycles. The third kappa shape index (κ3) is 3.32. The summed E-state index contributed by atoms with van der Waals surface area (Å²) in [5.74, 6) is -0.623. The molecule has 2 aromatic heterocycles. The summed E-state index contributed by atoms with van der Waals surface area (Å²) in [5, 5.41) is 12.5. The van der Waals surface area contributed by atoms with Crippen LogP contribution in [0.5, 0.6) is 0 Å². The van der Waals surface area contributed by atoms with Crippen LogP contribution >= 0.6 is 22.9 Å². The minimum absolute atomic E-state index is 0.0820. The van der Waals surface area contributed by atoms with Crippen molar-refractivity contribution in [3.8, 4) is 0 Å². The van der Waals surface area contributed by atoms with Gasteiger partial charge in [-0.3, -0.25) is 14.9 Å². The first kappa shape index (κ1) is 16.6. The van der Waals surface area contributed by atoms with E-state index in [2.05, 4.69) is 15.5 Å². The molecule has 0 spiro atoms. The first-order chi connectivity index (χ1) is 11.5. The minimum atomic E-state index is -0.541. The summed E-state index contributed by atoms with van der Waals surface area (Å²) in [6.45, 7) is 3.84. The maximum Gasteiger partial charge on any atom is 0.293 e. The Bertz CT molecular complexity index is 980. The monoisotopic (exact) mass is 363 g/mol. The lowest BCUT2D eigenvalue weighted by molar-refractivity contribution is 0.0997. The van der Waals surface area contributed by atoms with Gasteiger partial charge in [0.15, 0.2) is 11.2 Å². The van der Waals surface area contributed by atoms with E-state index < -0.39 is 5.91 Å². The van der Waals surface area contributed by atoms with E-state index in [1.165, 1.54) is 11.3 Å². The molecule has 0 aliphatic carbocycles. The molecule has 3 rings (SSSR count). The summed E-state index contributed by atoms with van der Waals surface area (Å²) >= 11 is 7.32. The molecule has 8 heteroatoms. The number of rotatable bonds is 4. The highest BCUT2D eigenvalue weighted by molar-refractivity contribution is 7.15. The molecule has 0 radical (unpaired) electrons. The maximum absolute atomic E-state index is 12.3. The standard InChI is InChI=1S/C16H14ClN3O3S/c1-3-4-14-19-20-16(24-14)18-15(22)13-7-11(21)9-6-10(17)8(2)5-12(9)23-13/h5-7H,3-4H2,1-2H3,(H,18,20,22). The van der Waals surface area contributed by atoms with Crippen LogP contribution < -0.4 is 10.7 Å². The molecule has 24 heavy (non-hydrogen) atoms. The molecule has 1 N–H and O–H groups in total. The summed E-state index contributed by atoms with van der Waals surface area (Å²) in [4.78, 5) is 24.5. The normalized spacial score (nSPS) is 11.0. The maximum atomic E-state index is 12.3. The number of hydrogen-bond donors (Lipinski definition) is 1. The second-order valence-electron chi connectivity index (χ2n) is 5.28. The van der Waals surface area contributed by atoms with E-state index in [1.54, 1.807) is 19.1 Å². The van der Waals surface area contributed by atoms with Gasteiger partial charge in [0.1, 0.15) is 10.6 Å². The fourth-order valence-electron chi connectivity index (χ4n) is 2.17. The first-order valence-corrected chi connectivity index (χ1v) is 8.55. The number of aryl methyl sites for hydroxylation is 2. The number of halogens is 1. The van der Waals surface area contributed by atoms with Gasteiger partial charge in [-0.05, 0) is 31.0 Å². The van der Waals surface area contributed by atoms with Crippen molar-refractivity contribution in [2.24, 2.45) is 0 Å². The minimum Gasteiger partial charge on any atom is -0.451 e. The number of nitrogens with one attached hydrogen (secondary N) is 1. The lowest BCUT2D eigenvalue weighted by Gasteiger charge is -2.04. The van der Waals surface area contributed by atoms with Crippen molar-refractivity contribution in [2.45, 2.75) is 26.7 Å². The van der Waals surface area contributed by atoms with Crippen LogP contribution in [0, 0.1) is 6.92 Å². The van der Waals surface area contributed by atoms with Crippen molar-refractivity contribution >= 4 is 44.9 Å². The van der Waals surface area contributed by atoms with Crippen LogP contribution in [0.1, 0.15) is 34.5 Å². The van der Waals surface area contributed by atoms with Crippen LogP contribution in [0.4, 0.5) is 5.13 Å². The van der Waals surface area contributed by atoms with Crippen molar-refractivity contribution in [1.82, 2.24) is 10.2 Å². The highest BCUT2D eigenvalue weighted by Crippen LogP contribution is 2.23. The van der Waals surface area contributed by atoms with Gasteiger partial charge >= 0.3 is 0 Å². The number of aromatic nitrogens is 2. The summed E-state index contributed by atoms with van der Waals surface area (Å²) < 4.78 is 5.55. The van der Waals surface area contributed by atoms with Gasteiger partial charge in [0.05, 0.1) is 5.39 Å². The topological polar surface area (TPSA) is 85.1 Å². The summed E-state index contributed by atoms with van der Waals surface area (Å²) in [7, 11) is 0. The Labute approximate surface area is 146 Å². The summed E-state index contributed by atoms with van der Waals surface area (Å²) in [5.41, 5.74) is 0.754. The predicted molar refractivity (Wildman–Crippen MR) is 94.1 cm³/mol. The Morgan fingerprint density at radius 2 is 2.12 bits per heavy atom. The Morgan fingerprint density at radius 1 is 1.33 bits per heavy atom. The lowest BCUT2D eigenvalue weighted by Crippen LogP contribution is -2.15. The summed E-state index contributed by atoms with van der Waals surface area (Å²) in [6, 6.07) is 4.33. The zero-order valence-corrected chi connectivity index (χ0v) is 14.6. The van der Waals surface area contributed by atoms with Gasteiger partial charge < -0.3 is 4.42 Å². The highest BCUT2D eigenvalue weighted by Gasteiger charge is 2.15. The molecule has 2 heterocycles. The van der Waals surface area contributed by atoms with Gasteiger partial charge in [-0.15, -0.1) is 10.2 Å². The molecule has 1 amide bonds. The van der Waals surface area contributed by atoms with Crippen molar-refractivity contribution in [3.05, 3.63) is 49.8 Å². The number of hydrogen-bond acceptors (Lipinski definition) is 6. The molecular weight excluding hydrogens is 350 g/mol. The smallest absolute Gasteiger partial charge is 0.293 e. The number of carbonyl (C=O) groups excluding carboxylic acids is 1. The van der Waals surface area contributed by atoms with Gasteiger partial charge in [0.25, 0.3) is 5.91 Å². The van der Waals surface area contributed by atoms with Gasteiger partial charge in [0, 0.05) is 17.5 Å². The molecular formula is C16H14ClN3O3S. The van der Waals surface area contributed by atoms with Crippen LogP contribution in [-0.2, 0) is 6.42 Å². The molecule has 0 aliphatic heterocycles. The largest absolute Gasteiger partial charge is 0.451 e. The van der Waals surface area contributed by atoms with E-state index in [9.17, 15) is 9.59 Å². The Kier molecular flexibility index (Phi) is 4.64. The fourth-order valence-corrected chi connectivity index (χ4v) is 3.17. The van der Waals surface area contributed by atoms with E-state index in [0.717, 1.165) is 29.5 Å². The van der Waals surface area contributed by atoms with Crippen molar-refractivity contribution in [3.63, 3.8) is 0 Å². The predicted octanol–water partition coefficient (Wildman–Crippen LogP) is 3.81. The van der Waals surface area contributed by atoms with Crippen LogP contribution in [0.2, 0.25) is 5.02 Å². The first-order valence-electron chi connectivity index (χ1n) is 7.35. The number of amides is 1. The Hall–Kier alpha value is -2.25. The van der Waals surface area contributed by atoms with Crippen LogP contribution in [0.25, 0.3) is 11.0 Å². The third-order valence-corrected chi connectivity index (χ3v) is 4.69. The Balaban J connectivity index is 1.91. The van der Waals surface area contributed by atoms with Crippen LogP contribution in [-0.4, -0.2) is 16.1 Å². The van der Waals surface area contributed by atoms with Gasteiger partial charge in [0.2, 0.25) is 5.13 Å². The van der Waals surface area contributed by atoms with Crippen LogP contribution in [0.3, 0.4) is 0 Å². The highest BCUT2D eigenvalue weighted by atomic mass is 35.5. The van der Waals surface area contributed by atoms with Gasteiger partial charge in [-0.25, -0.2) is 0 Å². The fraction of sp³-hybridized carbons (Fsp3) is 0.250. The van der Waals surface area contributed by atoms with Gasteiger partial charge in [-0.2, -0.15) is 0 Å². The second kappa shape index (κ2) is 6.70. The number of nitrogens with zero attached hydrogens (tertiary/aromatic N) is 2. The lowest BCUT2D eigenvalue weighted by atomic mass is 10.1. The molecule has 0 fully saturated rings. The SMILES string of the molecule is CCCc1nnc(NC(=O)c2cc(=O)c3cc(Cl)c(C)cc3o2)s1. The average Bonchev–Trinajstić information content (AvgIpc) is 2.96. The van der Waals surface area contributed by atoms with E-state index in [4.69, 9.17) is 16.0 Å². The van der Waals surface area contributed by atoms with E-state index in [0.29, 0.717) is 21.1 Å². The molecule has 0 atom stereocenters. The van der Waals surface area contributed by atoms with Crippen LogP contribution in [0.15, 0.2) is 27.4 Å². The molecule has 0 unspecified atom stereocenters. The quantitative estimate of drug-likeness (QED) is 0.761. The third-order valence-electron chi connectivity index (χ3n) is 3.38. The second-order valence-corrected chi connectivity index (χ2v) is 6.75. The number of benzene rings is 1. The van der Waals surface area contributed by atoms with Gasteiger partial charge in [-0.1, -0.05) is 29.9 Å². The molecule has 0 aliphatic rings. The molecule has 124 valence electrons. The Morgan fingerprint density at radius 3 is 2.88 bits per heavy atom. The number of carbonyl (C=O) groups is 1. The molecule has 3 aromatic rings. The zero-order valence-electron chi connectivity index (χ0n) is 13.1. The molecule has 0 saturated heterocycles. The van der Waals surface area contributed by atoms with E-state index in [-0.39, 0.29) is 11.2 Å². The molecule has 1 aromatic carbocycles. The molecule has 6 nitrogen and oxygen atoms in total. The van der Waals surface area contributed by atoms with E-state index in [1.807, 2.05) is 6.92 Å². The zero-order chi connectivity index (χ0) is 17.3. The average molecular weight is 364 g/mol. The van der Waals surface area contributed by atoms with Crippen molar-refractivity contribution in [2.75, 3.05) is 5.32 Å². The van der Waals surface area contributed by atoms with Crippen molar-refractivity contribution < 1.29 is 9.21 Å². The number of anilines is 1. The van der Waals surface area contributed by atoms with Crippen molar-refractivity contribution in [1.29, 1.82) is 0 Å². The molecule has 0 bridgehead atoms. The van der Waals surface area contributed by atoms with E-state index >= 15 is 0 Å². The summed E-state index contributed by atoms with van der Waals surface area (Å²) in [6.07, 6.45) is 1.75. The number of fused-ring (bicyclic) bond motifs is 1.